The average molecular weight is 610 g/mol. The molecule has 1 fully saturated rings. The van der Waals surface area contributed by atoms with Crippen LogP contribution in [0.15, 0.2) is 23.2 Å². The Morgan fingerprint density at radius 1 is 0.953 bits per heavy atom. The lowest BCUT2D eigenvalue weighted by Crippen LogP contribution is -2.48. The minimum absolute atomic E-state index is 0.0580. The lowest BCUT2D eigenvalue weighted by molar-refractivity contribution is -0.164. The zero-order valence-corrected chi connectivity index (χ0v) is 24.3. The molecule has 238 valence electrons. The van der Waals surface area contributed by atoms with Crippen LogP contribution in [0.1, 0.15) is 48.8 Å². The number of hydrogen-bond donors (Lipinski definition) is 7. The first-order valence-electron chi connectivity index (χ1n) is 13.6. The Morgan fingerprint density at radius 2 is 1.67 bits per heavy atom. The van der Waals surface area contributed by atoms with Gasteiger partial charge in [0.25, 0.3) is 0 Å². The van der Waals surface area contributed by atoms with Gasteiger partial charge in [0.1, 0.15) is 18.3 Å². The fourth-order valence-corrected chi connectivity index (χ4v) is 5.04. The number of rotatable bonds is 11. The summed E-state index contributed by atoms with van der Waals surface area (Å²) in [6, 6.07) is 5.82. The third-order valence-electron chi connectivity index (χ3n) is 7.27. The molecule has 0 amide bonds. The van der Waals surface area contributed by atoms with E-state index in [0.29, 0.717) is 41.9 Å². The van der Waals surface area contributed by atoms with Crippen LogP contribution in [0.3, 0.4) is 0 Å². The Kier molecular flexibility index (Phi) is 12.0. The summed E-state index contributed by atoms with van der Waals surface area (Å²) in [5, 5.41) is 70.3. The first-order chi connectivity index (χ1) is 20.5. The van der Waals surface area contributed by atoms with Crippen molar-refractivity contribution >= 4 is 11.7 Å². The summed E-state index contributed by atoms with van der Waals surface area (Å²) < 4.78 is 22.2. The third-order valence-corrected chi connectivity index (χ3v) is 7.27. The molecule has 7 atom stereocenters. The highest BCUT2D eigenvalue weighted by molar-refractivity contribution is 6.16. The molecular weight excluding hydrogens is 570 g/mol. The molecule has 0 spiro atoms. The summed E-state index contributed by atoms with van der Waals surface area (Å²) in [6.07, 6.45) is -5.96. The van der Waals surface area contributed by atoms with E-state index in [1.165, 1.54) is 0 Å². The number of fused-ring (bicyclic) bond motifs is 3. The Labute approximate surface area is 248 Å². The third kappa shape index (κ3) is 7.68. The SMILES string of the molecule is CCOc1cc2c(cc1OC)C(c1cc(OC)nnc1OC)=N[C@@H]1CC[C@@H](O)C[C@H]21.O=C(O)[C@H](O)[C@@H](O)[C@H](O)[C@H](O)CO. The molecule has 0 bridgehead atoms. The molecule has 0 unspecified atom stereocenters. The Bertz CT molecular complexity index is 1280. The summed E-state index contributed by atoms with van der Waals surface area (Å²) in [4.78, 5) is 15.2. The summed E-state index contributed by atoms with van der Waals surface area (Å²) >= 11 is 0. The van der Waals surface area contributed by atoms with Crippen LogP contribution < -0.4 is 18.9 Å². The first-order valence-corrected chi connectivity index (χ1v) is 13.6. The number of nitrogens with zero attached hydrogens (tertiary/aromatic N) is 3. The maximum atomic E-state index is 10.3. The van der Waals surface area contributed by atoms with Gasteiger partial charge in [-0.3, -0.25) is 4.99 Å². The van der Waals surface area contributed by atoms with E-state index in [1.54, 1.807) is 27.4 Å². The van der Waals surface area contributed by atoms with E-state index in [1.807, 2.05) is 19.1 Å². The fraction of sp³-hybridized carbons (Fsp3) is 0.571. The second-order valence-electron chi connectivity index (χ2n) is 9.97. The molecule has 4 rings (SSSR count). The Hall–Kier alpha value is -3.60. The number of hydrogen-bond acceptors (Lipinski definition) is 14. The van der Waals surface area contributed by atoms with Crippen molar-refractivity contribution in [2.45, 2.75) is 68.7 Å². The molecule has 1 saturated carbocycles. The minimum Gasteiger partial charge on any atom is -0.493 e. The van der Waals surface area contributed by atoms with Crippen molar-refractivity contribution in [3.63, 3.8) is 0 Å². The summed E-state index contributed by atoms with van der Waals surface area (Å²) in [6.45, 7) is 1.63. The molecule has 2 heterocycles. The van der Waals surface area contributed by atoms with Crippen LogP contribution in [0.4, 0.5) is 0 Å². The van der Waals surface area contributed by atoms with Gasteiger partial charge in [-0.15, -0.1) is 10.2 Å². The van der Waals surface area contributed by atoms with Gasteiger partial charge >= 0.3 is 5.97 Å². The van der Waals surface area contributed by atoms with E-state index >= 15 is 0 Å². The number of carbonyl (C=O) groups is 1. The highest BCUT2D eigenvalue weighted by Crippen LogP contribution is 2.45. The zero-order valence-electron chi connectivity index (χ0n) is 24.3. The van der Waals surface area contributed by atoms with Gasteiger partial charge in [0.2, 0.25) is 11.8 Å². The highest BCUT2D eigenvalue weighted by Gasteiger charge is 2.38. The number of carboxylic acid groups (broad SMARTS) is 1. The van der Waals surface area contributed by atoms with Crippen LogP contribution in [0, 0.1) is 0 Å². The number of benzene rings is 1. The number of carboxylic acids is 1. The molecular formula is C28H39N3O12. The second kappa shape index (κ2) is 15.2. The van der Waals surface area contributed by atoms with Gasteiger partial charge < -0.3 is 54.7 Å². The molecule has 43 heavy (non-hydrogen) atoms. The number of methoxy groups -OCH3 is 3. The van der Waals surface area contributed by atoms with Crippen molar-refractivity contribution in [2.24, 2.45) is 4.99 Å². The van der Waals surface area contributed by atoms with Crippen LogP contribution in [-0.2, 0) is 4.79 Å². The smallest absolute Gasteiger partial charge is 0.335 e. The first kappa shape index (κ1) is 33.9. The van der Waals surface area contributed by atoms with Crippen LogP contribution in [-0.4, -0.2) is 129 Å². The van der Waals surface area contributed by atoms with Gasteiger partial charge in [-0.25, -0.2) is 4.79 Å². The van der Waals surface area contributed by atoms with Crippen molar-refractivity contribution in [3.8, 4) is 23.3 Å². The van der Waals surface area contributed by atoms with Gasteiger partial charge in [-0.1, -0.05) is 0 Å². The van der Waals surface area contributed by atoms with Crippen molar-refractivity contribution in [1.29, 1.82) is 0 Å². The second-order valence-corrected chi connectivity index (χ2v) is 9.97. The summed E-state index contributed by atoms with van der Waals surface area (Å²) in [7, 11) is 4.73. The normalized spacial score (nSPS) is 21.8. The predicted octanol–water partition coefficient (Wildman–Crippen LogP) is -0.744. The molecule has 1 aliphatic heterocycles. The molecule has 15 nitrogen and oxygen atoms in total. The van der Waals surface area contributed by atoms with Gasteiger partial charge in [0.15, 0.2) is 17.6 Å². The molecule has 1 aliphatic carbocycles. The van der Waals surface area contributed by atoms with Gasteiger partial charge in [-0.05, 0) is 43.9 Å². The summed E-state index contributed by atoms with van der Waals surface area (Å²) in [5.41, 5.74) is 3.47. The fourth-order valence-electron chi connectivity index (χ4n) is 5.04. The lowest BCUT2D eigenvalue weighted by atomic mass is 9.74. The van der Waals surface area contributed by atoms with Crippen LogP contribution in [0.2, 0.25) is 0 Å². The Balaban J connectivity index is 0.000000331. The number of aliphatic hydroxyl groups excluding tert-OH is 6. The lowest BCUT2D eigenvalue weighted by Gasteiger charge is -2.37. The molecule has 2 aromatic rings. The molecule has 15 heteroatoms. The van der Waals surface area contributed by atoms with E-state index in [4.69, 9.17) is 54.6 Å². The number of aliphatic carboxylic acids is 1. The Morgan fingerprint density at radius 3 is 2.26 bits per heavy atom. The van der Waals surface area contributed by atoms with Crippen LogP contribution in [0.5, 0.6) is 23.3 Å². The monoisotopic (exact) mass is 609 g/mol. The molecule has 2 aliphatic rings. The minimum atomic E-state index is -2.20. The van der Waals surface area contributed by atoms with E-state index in [2.05, 4.69) is 10.2 Å². The number of aromatic nitrogens is 2. The van der Waals surface area contributed by atoms with E-state index in [0.717, 1.165) is 29.7 Å². The number of aliphatic imine (C=N–C) groups is 1. The average Bonchev–Trinajstić information content (AvgIpc) is 3.02. The molecule has 7 N–H and O–H groups in total. The largest absolute Gasteiger partial charge is 0.493 e. The van der Waals surface area contributed by atoms with Crippen molar-refractivity contribution < 1.29 is 59.5 Å². The zero-order chi connectivity index (χ0) is 31.8. The van der Waals surface area contributed by atoms with Gasteiger partial charge in [0.05, 0.1) is 58.0 Å². The van der Waals surface area contributed by atoms with Crippen molar-refractivity contribution in [2.75, 3.05) is 34.5 Å². The summed E-state index contributed by atoms with van der Waals surface area (Å²) in [5.74, 6) is 0.469. The van der Waals surface area contributed by atoms with E-state index < -0.39 is 37.0 Å². The van der Waals surface area contributed by atoms with Crippen molar-refractivity contribution in [3.05, 3.63) is 34.9 Å². The standard InChI is InChI=1S/C22H27N3O5.C6H12O7/c1-5-30-19-9-13-14-8-12(26)6-7-17(14)23-21(15(13)10-18(19)27-2)16-11-20(28-3)24-25-22(16)29-4;7-1-2(8)3(9)4(10)5(11)6(12)13/h9-12,14,17,26H,5-8H2,1-4H3;2-5,7-11H,1H2,(H,12,13)/t12-,14-,17-;2-,3-,4+,5-/m11/s1. The molecule has 0 radical (unpaired) electrons. The topological polar surface area (TPSA) is 234 Å². The van der Waals surface area contributed by atoms with Crippen LogP contribution >= 0.6 is 0 Å². The maximum Gasteiger partial charge on any atom is 0.335 e. The van der Waals surface area contributed by atoms with Gasteiger partial charge in [-0.2, -0.15) is 0 Å². The predicted molar refractivity (Wildman–Crippen MR) is 150 cm³/mol. The van der Waals surface area contributed by atoms with Gasteiger partial charge in [0, 0.05) is 17.5 Å². The molecule has 1 aromatic heterocycles. The van der Waals surface area contributed by atoms with E-state index in [9.17, 15) is 9.90 Å². The highest BCUT2D eigenvalue weighted by atomic mass is 16.5. The van der Waals surface area contributed by atoms with E-state index in [-0.39, 0.29) is 18.1 Å². The molecule has 1 aromatic carbocycles. The maximum absolute atomic E-state index is 10.3. The number of aliphatic hydroxyl groups is 6. The quantitative estimate of drug-likeness (QED) is 0.166. The number of ether oxygens (including phenoxy) is 4. The molecule has 0 saturated heterocycles. The van der Waals surface area contributed by atoms with Crippen molar-refractivity contribution in [1.82, 2.24) is 10.2 Å². The van der Waals surface area contributed by atoms with Crippen LogP contribution in [0.25, 0.3) is 0 Å².